The minimum absolute atomic E-state index is 0. The maximum Gasteiger partial charge on any atom is 0.148 e. The first kappa shape index (κ1) is 43.9. The molecule has 7 aromatic carbocycles. The maximum atomic E-state index is 12.3. The Morgan fingerprint density at radius 3 is 1.80 bits per heavy atom. The predicted octanol–water partition coefficient (Wildman–Crippen LogP) is 15.6. The van der Waals surface area contributed by atoms with Crippen molar-refractivity contribution in [2.75, 3.05) is 0 Å². The average molecular weight is 1030 g/mol. The van der Waals surface area contributed by atoms with Crippen molar-refractivity contribution >= 4 is 11.0 Å². The van der Waals surface area contributed by atoms with Crippen molar-refractivity contribution < 1.29 is 26.2 Å². The van der Waals surface area contributed by atoms with Gasteiger partial charge < -0.3 is 5.11 Å². The molecular weight excluding hydrogens is 974 g/mol. The quantitative estimate of drug-likeness (QED) is 0.162. The van der Waals surface area contributed by atoms with Gasteiger partial charge in [0.2, 0.25) is 0 Å². The molecule has 10 rings (SSSR count). The molecule has 0 atom stereocenters. The van der Waals surface area contributed by atoms with Crippen LogP contribution < -0.4 is 0 Å². The van der Waals surface area contributed by atoms with E-state index in [2.05, 4.69) is 211 Å². The number of nitrogens with zero attached hydrogens (tertiary/aromatic N) is 3. The Morgan fingerprint density at radius 2 is 1.15 bits per heavy atom. The molecule has 0 bridgehead atoms. The van der Waals surface area contributed by atoms with Crippen LogP contribution in [0.1, 0.15) is 78.0 Å². The molecular formula is C60H54N3OPt-. The van der Waals surface area contributed by atoms with Crippen LogP contribution >= 0.6 is 0 Å². The van der Waals surface area contributed by atoms with Gasteiger partial charge in [0.15, 0.2) is 0 Å². The molecule has 0 unspecified atom stereocenters. The summed E-state index contributed by atoms with van der Waals surface area (Å²) in [6.45, 7) is 16.0. The standard InChI is InChI=1S/C60H54N3O.Pt/c1-58(2,3)46-26-27-53(48(36-46)41-22-15-10-16-23-41)63-54-25-17-24-47(56(54)62-57(63)49-37-50-51(38-55(49)64)60(6,7)30-29-59(50,4)5)44-32-43(40-20-13-9-14-21-40)33-45(34-44)52-35-42(28-31-61-52)39-18-11-8-12-19-39;/h8-28,31-33,35-38,64H,29-30H2,1-7H3;/q-1;. The molecule has 4 nitrogen and oxygen atoms in total. The second kappa shape index (κ2) is 16.9. The van der Waals surface area contributed by atoms with Crippen LogP contribution in [0.4, 0.5) is 0 Å². The number of fused-ring (bicyclic) bond motifs is 2. The summed E-state index contributed by atoms with van der Waals surface area (Å²) >= 11 is 0. The van der Waals surface area contributed by atoms with Crippen LogP contribution in [-0.4, -0.2) is 19.6 Å². The van der Waals surface area contributed by atoms with Crippen molar-refractivity contribution in [1.82, 2.24) is 14.5 Å². The van der Waals surface area contributed by atoms with E-state index in [0.717, 1.165) is 90.9 Å². The van der Waals surface area contributed by atoms with Gasteiger partial charge in [0.1, 0.15) is 11.6 Å². The largest absolute Gasteiger partial charge is 0.507 e. The SMILES string of the molecule is CC(C)(C)c1ccc(-n2c(-c3cc4c(cc3O)C(C)(C)CCC4(C)C)nc3c(-c4[c-]c(-c5cc(-c6ccccc6)ccn5)cc(-c5ccccc5)c4)cccc32)c(-c2ccccc2)c1.[Pt]. The van der Waals surface area contributed by atoms with Crippen LogP contribution in [0.15, 0.2) is 170 Å². The molecule has 0 saturated carbocycles. The number of aromatic nitrogens is 3. The van der Waals surface area contributed by atoms with Crippen LogP contribution in [0, 0.1) is 6.07 Å². The van der Waals surface area contributed by atoms with Crippen LogP contribution in [0.2, 0.25) is 0 Å². The Hall–Kier alpha value is -6.35. The Kier molecular flexibility index (Phi) is 11.4. The molecule has 0 saturated heterocycles. The second-order valence-electron chi connectivity index (χ2n) is 19.8. The third kappa shape index (κ3) is 8.19. The number of hydrogen-bond donors (Lipinski definition) is 1. The van der Waals surface area contributed by atoms with Crippen molar-refractivity contribution in [2.45, 2.75) is 77.6 Å². The van der Waals surface area contributed by atoms with Gasteiger partial charge in [-0.15, -0.1) is 23.8 Å². The van der Waals surface area contributed by atoms with Gasteiger partial charge in [0.25, 0.3) is 0 Å². The van der Waals surface area contributed by atoms with Gasteiger partial charge in [-0.2, -0.15) is 0 Å². The van der Waals surface area contributed by atoms with E-state index in [1.165, 1.54) is 16.7 Å². The summed E-state index contributed by atoms with van der Waals surface area (Å²) < 4.78 is 2.28. The molecule has 0 spiro atoms. The van der Waals surface area contributed by atoms with Crippen LogP contribution in [0.25, 0.3) is 83.9 Å². The van der Waals surface area contributed by atoms with Gasteiger partial charge >= 0.3 is 0 Å². The minimum Gasteiger partial charge on any atom is -0.507 e. The molecule has 0 amide bonds. The monoisotopic (exact) mass is 1030 g/mol. The smallest absolute Gasteiger partial charge is 0.148 e. The third-order valence-corrected chi connectivity index (χ3v) is 13.5. The van der Waals surface area contributed by atoms with Gasteiger partial charge in [0.05, 0.1) is 22.3 Å². The van der Waals surface area contributed by atoms with E-state index >= 15 is 0 Å². The number of aromatic hydroxyl groups is 1. The summed E-state index contributed by atoms with van der Waals surface area (Å²) in [7, 11) is 0. The van der Waals surface area contributed by atoms with E-state index < -0.39 is 0 Å². The molecule has 5 heteroatoms. The van der Waals surface area contributed by atoms with Crippen molar-refractivity contribution in [1.29, 1.82) is 0 Å². The van der Waals surface area contributed by atoms with Crippen molar-refractivity contribution in [3.8, 4) is 78.6 Å². The minimum atomic E-state index is -0.0754. The summed E-state index contributed by atoms with van der Waals surface area (Å²) in [6.07, 6.45) is 4.00. The van der Waals surface area contributed by atoms with Gasteiger partial charge in [0, 0.05) is 38.5 Å². The summed E-state index contributed by atoms with van der Waals surface area (Å²) in [4.78, 5) is 10.6. The first-order valence-electron chi connectivity index (χ1n) is 22.5. The van der Waals surface area contributed by atoms with Crippen LogP contribution in [0.5, 0.6) is 5.75 Å². The number of pyridine rings is 1. The molecule has 1 aliphatic rings. The van der Waals surface area contributed by atoms with Crippen molar-refractivity contribution in [3.05, 3.63) is 193 Å². The number of rotatable bonds is 7. The number of imidazole rings is 1. The Balaban J connectivity index is 0.00000533. The second-order valence-corrected chi connectivity index (χ2v) is 19.8. The Bertz CT molecular complexity index is 3200. The topological polar surface area (TPSA) is 50.9 Å². The first-order chi connectivity index (χ1) is 30.7. The molecule has 1 aliphatic carbocycles. The summed E-state index contributed by atoms with van der Waals surface area (Å²) in [5, 5.41) is 12.3. The molecule has 326 valence electrons. The number of phenolic OH excluding ortho intramolecular Hbond substituents is 1. The average Bonchev–Trinajstić information content (AvgIpc) is 3.70. The van der Waals surface area contributed by atoms with E-state index in [0.29, 0.717) is 5.82 Å². The molecule has 2 aromatic heterocycles. The fraction of sp³-hybridized carbons (Fsp3) is 0.200. The zero-order valence-corrected chi connectivity index (χ0v) is 40.5. The number of benzene rings is 7. The normalized spacial score (nSPS) is 14.1. The van der Waals surface area contributed by atoms with Gasteiger partial charge in [-0.05, 0) is 104 Å². The number of para-hydroxylation sites is 1. The fourth-order valence-electron chi connectivity index (χ4n) is 9.61. The molecule has 65 heavy (non-hydrogen) atoms. The number of phenols is 1. The molecule has 9 aromatic rings. The fourth-order valence-corrected chi connectivity index (χ4v) is 9.61. The van der Waals surface area contributed by atoms with Gasteiger partial charge in [-0.1, -0.05) is 180 Å². The molecule has 0 fully saturated rings. The van der Waals surface area contributed by atoms with E-state index in [1.807, 2.05) is 18.3 Å². The van der Waals surface area contributed by atoms with Gasteiger partial charge in [-0.3, -0.25) is 9.55 Å². The van der Waals surface area contributed by atoms with E-state index in [-0.39, 0.29) is 43.1 Å². The summed E-state index contributed by atoms with van der Waals surface area (Å²) in [5.74, 6) is 0.929. The zero-order valence-electron chi connectivity index (χ0n) is 38.2. The van der Waals surface area contributed by atoms with E-state index in [4.69, 9.17) is 9.97 Å². The predicted molar refractivity (Wildman–Crippen MR) is 266 cm³/mol. The Morgan fingerprint density at radius 1 is 0.554 bits per heavy atom. The van der Waals surface area contributed by atoms with E-state index in [1.54, 1.807) is 0 Å². The van der Waals surface area contributed by atoms with Crippen molar-refractivity contribution in [2.24, 2.45) is 0 Å². The van der Waals surface area contributed by atoms with Crippen LogP contribution in [0.3, 0.4) is 0 Å². The maximum absolute atomic E-state index is 12.3. The number of hydrogen-bond acceptors (Lipinski definition) is 3. The Labute approximate surface area is 398 Å². The molecule has 0 aliphatic heterocycles. The summed E-state index contributed by atoms with van der Waals surface area (Å²) in [5.41, 5.74) is 17.2. The van der Waals surface area contributed by atoms with E-state index in [9.17, 15) is 5.11 Å². The molecule has 0 radical (unpaired) electrons. The molecule has 1 N–H and O–H groups in total. The first-order valence-corrected chi connectivity index (χ1v) is 22.5. The van der Waals surface area contributed by atoms with Crippen LogP contribution in [-0.2, 0) is 37.3 Å². The van der Waals surface area contributed by atoms with Gasteiger partial charge in [-0.25, -0.2) is 4.98 Å². The van der Waals surface area contributed by atoms with Crippen molar-refractivity contribution in [3.63, 3.8) is 0 Å². The third-order valence-electron chi connectivity index (χ3n) is 13.5. The molecule has 2 heterocycles. The summed E-state index contributed by atoms with van der Waals surface area (Å²) in [6, 6.07) is 61.6. The zero-order chi connectivity index (χ0) is 44.4.